The minimum atomic E-state index is 1.07. The molecular formula is C12H24. The zero-order chi connectivity index (χ0) is 8.97. The Morgan fingerprint density at radius 3 is 1.33 bits per heavy atom. The van der Waals surface area contributed by atoms with E-state index in [2.05, 4.69) is 6.92 Å². The van der Waals surface area contributed by atoms with Gasteiger partial charge in [0.25, 0.3) is 0 Å². The summed E-state index contributed by atoms with van der Waals surface area (Å²) in [5.41, 5.74) is 0. The standard InChI is InChI=1S/C10H18.C2H6/c1-8-9-4-2-5-10(8)7-3-6-9;1-2/h8-10H,2-7H2,1H3;1-2H3. The molecule has 0 N–H and O–H groups in total. The molecule has 2 aliphatic rings. The summed E-state index contributed by atoms with van der Waals surface area (Å²) in [5.74, 6) is 3.31. The summed E-state index contributed by atoms with van der Waals surface area (Å²) in [6.07, 6.45) is 9.21. The van der Waals surface area contributed by atoms with Gasteiger partial charge in [0.15, 0.2) is 0 Å². The molecule has 0 heterocycles. The lowest BCUT2D eigenvalue weighted by Gasteiger charge is -2.40. The van der Waals surface area contributed by atoms with E-state index in [9.17, 15) is 0 Å². The van der Waals surface area contributed by atoms with E-state index in [1.165, 1.54) is 38.5 Å². The molecule has 72 valence electrons. The van der Waals surface area contributed by atoms with E-state index >= 15 is 0 Å². The average Bonchev–Trinajstić information content (AvgIpc) is 2.07. The van der Waals surface area contributed by atoms with Crippen molar-refractivity contribution in [3.8, 4) is 0 Å². The monoisotopic (exact) mass is 168 g/mol. The molecule has 0 heteroatoms. The molecule has 0 amide bonds. The van der Waals surface area contributed by atoms with Crippen molar-refractivity contribution in [2.45, 2.75) is 59.3 Å². The van der Waals surface area contributed by atoms with E-state index in [0.29, 0.717) is 0 Å². The Kier molecular flexibility index (Phi) is 4.11. The maximum atomic E-state index is 2.48. The van der Waals surface area contributed by atoms with E-state index in [4.69, 9.17) is 0 Å². The van der Waals surface area contributed by atoms with Gasteiger partial charge in [-0.2, -0.15) is 0 Å². The highest BCUT2D eigenvalue weighted by molar-refractivity contribution is 4.83. The van der Waals surface area contributed by atoms with Crippen molar-refractivity contribution in [1.29, 1.82) is 0 Å². The average molecular weight is 168 g/mol. The zero-order valence-corrected chi connectivity index (χ0v) is 8.97. The second-order valence-corrected chi connectivity index (χ2v) is 4.24. The van der Waals surface area contributed by atoms with E-state index in [1.54, 1.807) is 0 Å². The molecule has 0 saturated heterocycles. The summed E-state index contributed by atoms with van der Waals surface area (Å²) in [6, 6.07) is 0. The van der Waals surface area contributed by atoms with Crippen molar-refractivity contribution < 1.29 is 0 Å². The van der Waals surface area contributed by atoms with Gasteiger partial charge in [0.05, 0.1) is 0 Å². The maximum absolute atomic E-state index is 2.48. The van der Waals surface area contributed by atoms with Crippen LogP contribution >= 0.6 is 0 Å². The van der Waals surface area contributed by atoms with Gasteiger partial charge in [0.2, 0.25) is 0 Å². The summed E-state index contributed by atoms with van der Waals surface area (Å²) in [6.45, 7) is 6.48. The highest BCUT2D eigenvalue weighted by Crippen LogP contribution is 2.43. The van der Waals surface area contributed by atoms with Crippen molar-refractivity contribution in [1.82, 2.24) is 0 Å². The lowest BCUT2D eigenvalue weighted by Crippen LogP contribution is -2.29. The van der Waals surface area contributed by atoms with Gasteiger partial charge in [0, 0.05) is 0 Å². The number of rotatable bonds is 0. The van der Waals surface area contributed by atoms with E-state index in [0.717, 1.165) is 17.8 Å². The van der Waals surface area contributed by atoms with Crippen molar-refractivity contribution in [2.75, 3.05) is 0 Å². The summed E-state index contributed by atoms with van der Waals surface area (Å²) in [5, 5.41) is 0. The largest absolute Gasteiger partial charge is 0.0683 e. The molecule has 0 atom stereocenters. The van der Waals surface area contributed by atoms with Crippen LogP contribution in [0.5, 0.6) is 0 Å². The molecule has 0 aromatic rings. The van der Waals surface area contributed by atoms with Crippen LogP contribution in [0.1, 0.15) is 59.3 Å². The van der Waals surface area contributed by atoms with Crippen LogP contribution in [0, 0.1) is 17.8 Å². The van der Waals surface area contributed by atoms with Crippen LogP contribution in [0.3, 0.4) is 0 Å². The van der Waals surface area contributed by atoms with E-state index < -0.39 is 0 Å². The maximum Gasteiger partial charge on any atom is -0.0386 e. The first kappa shape index (κ1) is 10.1. The minimum absolute atomic E-state index is 1.07. The van der Waals surface area contributed by atoms with Crippen LogP contribution < -0.4 is 0 Å². The normalized spacial score (nSPS) is 39.8. The SMILES string of the molecule is CC.CC1C2CCCC1CCC2. The molecule has 0 aliphatic heterocycles. The molecule has 0 spiro atoms. The van der Waals surface area contributed by atoms with Gasteiger partial charge in [0.1, 0.15) is 0 Å². The fraction of sp³-hybridized carbons (Fsp3) is 1.00. The fourth-order valence-electron chi connectivity index (χ4n) is 3.01. The Balaban J connectivity index is 0.000000336. The Morgan fingerprint density at radius 2 is 1.08 bits per heavy atom. The van der Waals surface area contributed by atoms with Gasteiger partial charge in [-0.3, -0.25) is 0 Å². The number of hydrogen-bond donors (Lipinski definition) is 0. The van der Waals surface area contributed by atoms with Crippen LogP contribution in [-0.2, 0) is 0 Å². The smallest absolute Gasteiger partial charge is 0.0386 e. The van der Waals surface area contributed by atoms with Crippen LogP contribution in [0.2, 0.25) is 0 Å². The lowest BCUT2D eigenvalue weighted by molar-refractivity contribution is 0.107. The zero-order valence-electron chi connectivity index (χ0n) is 8.97. The molecule has 12 heavy (non-hydrogen) atoms. The topological polar surface area (TPSA) is 0 Å². The summed E-state index contributed by atoms with van der Waals surface area (Å²) >= 11 is 0. The summed E-state index contributed by atoms with van der Waals surface area (Å²) < 4.78 is 0. The van der Waals surface area contributed by atoms with Gasteiger partial charge in [-0.25, -0.2) is 0 Å². The van der Waals surface area contributed by atoms with Gasteiger partial charge < -0.3 is 0 Å². The quantitative estimate of drug-likeness (QED) is 0.507. The Bertz CT molecular complexity index is 95.2. The van der Waals surface area contributed by atoms with Gasteiger partial charge in [-0.15, -0.1) is 0 Å². The molecule has 0 aromatic heterocycles. The second-order valence-electron chi connectivity index (χ2n) is 4.24. The fourth-order valence-corrected chi connectivity index (χ4v) is 3.01. The molecule has 2 aliphatic carbocycles. The first-order valence-corrected chi connectivity index (χ1v) is 5.88. The third-order valence-corrected chi connectivity index (χ3v) is 3.79. The third kappa shape index (κ3) is 2.02. The Morgan fingerprint density at radius 1 is 0.750 bits per heavy atom. The number of fused-ring (bicyclic) bond motifs is 2. The molecule has 2 rings (SSSR count). The van der Waals surface area contributed by atoms with Gasteiger partial charge in [-0.1, -0.05) is 59.3 Å². The first-order valence-electron chi connectivity index (χ1n) is 5.88. The van der Waals surface area contributed by atoms with Crippen molar-refractivity contribution in [3.05, 3.63) is 0 Å². The molecule has 0 unspecified atom stereocenters. The van der Waals surface area contributed by atoms with Gasteiger partial charge in [-0.05, 0) is 17.8 Å². The molecule has 0 aromatic carbocycles. The van der Waals surface area contributed by atoms with Crippen LogP contribution in [0.25, 0.3) is 0 Å². The van der Waals surface area contributed by atoms with Crippen LogP contribution in [0.15, 0.2) is 0 Å². The molecule has 2 saturated carbocycles. The molecule has 2 bridgehead atoms. The van der Waals surface area contributed by atoms with Crippen molar-refractivity contribution in [3.63, 3.8) is 0 Å². The summed E-state index contributed by atoms with van der Waals surface area (Å²) in [4.78, 5) is 0. The first-order chi connectivity index (χ1) is 5.88. The Hall–Kier alpha value is 0. The second kappa shape index (κ2) is 4.89. The van der Waals surface area contributed by atoms with Crippen LogP contribution in [-0.4, -0.2) is 0 Å². The third-order valence-electron chi connectivity index (χ3n) is 3.79. The van der Waals surface area contributed by atoms with Gasteiger partial charge >= 0.3 is 0 Å². The van der Waals surface area contributed by atoms with Crippen molar-refractivity contribution in [2.24, 2.45) is 17.8 Å². The molecule has 0 radical (unpaired) electrons. The number of hydrogen-bond acceptors (Lipinski definition) is 0. The molecule has 0 nitrogen and oxygen atoms in total. The highest BCUT2D eigenvalue weighted by atomic mass is 14.4. The minimum Gasteiger partial charge on any atom is -0.0683 e. The van der Waals surface area contributed by atoms with E-state index in [1.807, 2.05) is 13.8 Å². The highest BCUT2D eigenvalue weighted by Gasteiger charge is 2.32. The lowest BCUT2D eigenvalue weighted by atomic mass is 9.65. The predicted octanol–water partition coefficient (Wildman–Crippen LogP) is 4.25. The van der Waals surface area contributed by atoms with Crippen molar-refractivity contribution >= 4 is 0 Å². The molecular weight excluding hydrogens is 144 g/mol. The predicted molar refractivity (Wildman–Crippen MR) is 55.2 cm³/mol. The van der Waals surface area contributed by atoms with E-state index in [-0.39, 0.29) is 0 Å². The Labute approximate surface area is 77.7 Å². The summed E-state index contributed by atoms with van der Waals surface area (Å²) in [7, 11) is 0. The molecule has 2 fully saturated rings. The van der Waals surface area contributed by atoms with Crippen LogP contribution in [0.4, 0.5) is 0 Å².